The number of benzene rings is 1. The van der Waals surface area contributed by atoms with Gasteiger partial charge in [0.1, 0.15) is 11.9 Å². The molecule has 0 bridgehead atoms. The Balaban J connectivity index is 1.54. The number of nitrogens with zero attached hydrogens (tertiary/aromatic N) is 2. The molecule has 0 radical (unpaired) electrons. The van der Waals surface area contributed by atoms with Crippen LogP contribution in [0.3, 0.4) is 0 Å². The van der Waals surface area contributed by atoms with Crippen molar-refractivity contribution < 1.29 is 9.53 Å². The van der Waals surface area contributed by atoms with E-state index in [0.29, 0.717) is 12.1 Å². The van der Waals surface area contributed by atoms with Crippen LogP contribution in [-0.2, 0) is 6.42 Å². The van der Waals surface area contributed by atoms with Crippen LogP contribution in [0.5, 0.6) is 5.75 Å². The van der Waals surface area contributed by atoms with Crippen molar-refractivity contribution in [2.75, 3.05) is 25.5 Å². The summed E-state index contributed by atoms with van der Waals surface area (Å²) in [7, 11) is 2.13. The second-order valence-electron chi connectivity index (χ2n) is 7.36. The van der Waals surface area contributed by atoms with Crippen molar-refractivity contribution in [3.05, 3.63) is 41.7 Å². The van der Waals surface area contributed by atoms with Crippen LogP contribution < -0.4 is 15.4 Å². The van der Waals surface area contributed by atoms with Gasteiger partial charge < -0.3 is 20.3 Å². The van der Waals surface area contributed by atoms with E-state index in [9.17, 15) is 4.79 Å². The topological polar surface area (TPSA) is 82.3 Å². The maximum absolute atomic E-state index is 12.4. The normalized spacial score (nSPS) is 16.7. The van der Waals surface area contributed by atoms with Crippen molar-refractivity contribution in [1.29, 1.82) is 0 Å². The minimum Gasteiger partial charge on any atom is -0.488 e. The molecule has 2 heterocycles. The molecule has 27 heavy (non-hydrogen) atoms. The molecule has 146 valence electrons. The highest BCUT2D eigenvalue weighted by molar-refractivity contribution is 5.91. The Hall–Kier alpha value is -2.54. The van der Waals surface area contributed by atoms with E-state index in [1.165, 1.54) is 0 Å². The molecular weight excluding hydrogens is 342 g/mol. The smallest absolute Gasteiger partial charge is 0.319 e. The largest absolute Gasteiger partial charge is 0.488 e. The Labute approximate surface area is 160 Å². The number of amides is 2. The number of nitrogens with one attached hydrogen (secondary N) is 3. The predicted molar refractivity (Wildman–Crippen MR) is 106 cm³/mol. The van der Waals surface area contributed by atoms with Crippen molar-refractivity contribution in [3.63, 3.8) is 0 Å². The summed E-state index contributed by atoms with van der Waals surface area (Å²) in [5.41, 5.74) is 2.64. The third kappa shape index (κ3) is 5.72. The fourth-order valence-electron chi connectivity index (χ4n) is 3.28. The van der Waals surface area contributed by atoms with Crippen molar-refractivity contribution in [2.24, 2.45) is 0 Å². The number of para-hydroxylation sites is 2. The molecule has 2 amide bonds. The summed E-state index contributed by atoms with van der Waals surface area (Å²) in [5.74, 6) is 0.720. The lowest BCUT2D eigenvalue weighted by molar-refractivity contribution is 0.115. The Morgan fingerprint density at radius 2 is 2.11 bits per heavy atom. The van der Waals surface area contributed by atoms with Crippen LogP contribution in [-0.4, -0.2) is 53.4 Å². The quantitative estimate of drug-likeness (QED) is 0.729. The average molecular weight is 371 g/mol. The summed E-state index contributed by atoms with van der Waals surface area (Å²) < 4.78 is 6.16. The van der Waals surface area contributed by atoms with Gasteiger partial charge in [0, 0.05) is 31.2 Å². The number of likely N-dealkylation sites (tertiary alicyclic amines) is 1. The molecule has 1 aromatic heterocycles. The number of urea groups is 1. The third-order valence-corrected chi connectivity index (χ3v) is 4.75. The summed E-state index contributed by atoms with van der Waals surface area (Å²) in [6.45, 7) is 5.99. The first kappa shape index (κ1) is 19.2. The van der Waals surface area contributed by atoms with Crippen LogP contribution in [0.4, 0.5) is 10.5 Å². The molecule has 2 aromatic rings. The molecule has 7 nitrogen and oxygen atoms in total. The monoisotopic (exact) mass is 371 g/mol. The van der Waals surface area contributed by atoms with E-state index in [1.54, 1.807) is 0 Å². The first-order chi connectivity index (χ1) is 13.0. The fourth-order valence-corrected chi connectivity index (χ4v) is 3.28. The van der Waals surface area contributed by atoms with Crippen molar-refractivity contribution in [2.45, 2.75) is 45.3 Å². The van der Waals surface area contributed by atoms with Gasteiger partial charge in [0.25, 0.3) is 0 Å². The molecule has 1 atom stereocenters. The van der Waals surface area contributed by atoms with Gasteiger partial charge in [-0.3, -0.25) is 5.10 Å². The van der Waals surface area contributed by atoms with Crippen molar-refractivity contribution >= 4 is 11.7 Å². The first-order valence-corrected chi connectivity index (χ1v) is 9.52. The lowest BCUT2D eigenvalue weighted by Crippen LogP contribution is -2.38. The van der Waals surface area contributed by atoms with Gasteiger partial charge in [0.05, 0.1) is 11.4 Å². The van der Waals surface area contributed by atoms with E-state index < -0.39 is 0 Å². The van der Waals surface area contributed by atoms with Crippen LogP contribution in [0.25, 0.3) is 0 Å². The SMILES string of the molecule is Cc1cc(C[C@H](C)NC(=O)Nc2ccccc2OC2CCN(C)CC2)n[nH]1. The highest BCUT2D eigenvalue weighted by Gasteiger charge is 2.19. The van der Waals surface area contributed by atoms with Gasteiger partial charge in [-0.2, -0.15) is 5.10 Å². The Kier molecular flexibility index (Phi) is 6.34. The minimum atomic E-state index is -0.241. The van der Waals surface area contributed by atoms with Crippen LogP contribution in [0.1, 0.15) is 31.2 Å². The maximum Gasteiger partial charge on any atom is 0.319 e. The van der Waals surface area contributed by atoms with E-state index in [1.807, 2.05) is 44.2 Å². The van der Waals surface area contributed by atoms with E-state index in [2.05, 4.69) is 32.8 Å². The number of anilines is 1. The Morgan fingerprint density at radius 3 is 2.81 bits per heavy atom. The molecular formula is C20H29N5O2. The van der Waals surface area contributed by atoms with Gasteiger partial charge in [-0.05, 0) is 51.9 Å². The van der Waals surface area contributed by atoms with E-state index >= 15 is 0 Å². The molecule has 1 aromatic carbocycles. The fraction of sp³-hybridized carbons (Fsp3) is 0.500. The number of aryl methyl sites for hydroxylation is 1. The third-order valence-electron chi connectivity index (χ3n) is 4.75. The Bertz CT molecular complexity index is 752. The molecule has 7 heteroatoms. The second-order valence-corrected chi connectivity index (χ2v) is 7.36. The molecule has 0 aliphatic carbocycles. The van der Waals surface area contributed by atoms with Gasteiger partial charge in [-0.25, -0.2) is 4.79 Å². The molecule has 0 saturated carbocycles. The van der Waals surface area contributed by atoms with E-state index in [0.717, 1.165) is 43.1 Å². The maximum atomic E-state index is 12.4. The van der Waals surface area contributed by atoms with Gasteiger partial charge >= 0.3 is 6.03 Å². The zero-order valence-corrected chi connectivity index (χ0v) is 16.3. The molecule has 1 aliphatic rings. The van der Waals surface area contributed by atoms with Crippen LogP contribution >= 0.6 is 0 Å². The zero-order chi connectivity index (χ0) is 19.2. The van der Waals surface area contributed by atoms with Crippen LogP contribution in [0.2, 0.25) is 0 Å². The molecule has 0 spiro atoms. The number of hydrogen-bond acceptors (Lipinski definition) is 4. The molecule has 1 saturated heterocycles. The van der Waals surface area contributed by atoms with E-state index in [4.69, 9.17) is 4.74 Å². The van der Waals surface area contributed by atoms with E-state index in [-0.39, 0.29) is 18.2 Å². The number of carbonyl (C=O) groups is 1. The predicted octanol–water partition coefficient (Wildman–Crippen LogP) is 2.94. The number of rotatable bonds is 6. The van der Waals surface area contributed by atoms with Gasteiger partial charge in [0.15, 0.2) is 0 Å². The first-order valence-electron chi connectivity index (χ1n) is 9.52. The number of H-pyrrole nitrogens is 1. The number of aromatic amines is 1. The highest BCUT2D eigenvalue weighted by Crippen LogP contribution is 2.27. The number of piperidine rings is 1. The summed E-state index contributed by atoms with van der Waals surface area (Å²) >= 11 is 0. The van der Waals surface area contributed by atoms with Gasteiger partial charge in [-0.15, -0.1) is 0 Å². The van der Waals surface area contributed by atoms with Gasteiger partial charge in [0.2, 0.25) is 0 Å². The lowest BCUT2D eigenvalue weighted by atomic mass is 10.1. The number of hydrogen-bond donors (Lipinski definition) is 3. The van der Waals surface area contributed by atoms with Crippen molar-refractivity contribution in [3.8, 4) is 5.75 Å². The highest BCUT2D eigenvalue weighted by atomic mass is 16.5. The van der Waals surface area contributed by atoms with Crippen LogP contribution in [0, 0.1) is 6.92 Å². The van der Waals surface area contributed by atoms with Gasteiger partial charge in [-0.1, -0.05) is 12.1 Å². The lowest BCUT2D eigenvalue weighted by Gasteiger charge is -2.29. The average Bonchev–Trinajstić information content (AvgIpc) is 3.03. The van der Waals surface area contributed by atoms with Crippen molar-refractivity contribution in [1.82, 2.24) is 20.4 Å². The molecule has 1 aliphatic heterocycles. The standard InChI is InChI=1S/C20H29N5O2/c1-14(12-16-13-15(2)23-24-16)21-20(26)22-18-6-4-5-7-19(18)27-17-8-10-25(3)11-9-17/h4-7,13-14,17H,8-12H2,1-3H3,(H,23,24)(H2,21,22,26)/t14-/m0/s1. The second kappa shape index (κ2) is 8.90. The zero-order valence-electron chi connectivity index (χ0n) is 16.3. The molecule has 3 rings (SSSR count). The summed E-state index contributed by atoms with van der Waals surface area (Å²) in [5, 5.41) is 13.0. The van der Waals surface area contributed by atoms with Crippen LogP contribution in [0.15, 0.2) is 30.3 Å². The number of carbonyl (C=O) groups excluding carboxylic acids is 1. The number of ether oxygens (including phenoxy) is 1. The molecule has 3 N–H and O–H groups in total. The minimum absolute atomic E-state index is 0.0327. The summed E-state index contributed by atoms with van der Waals surface area (Å²) in [6, 6.07) is 9.31. The number of aromatic nitrogens is 2. The Morgan fingerprint density at radius 1 is 1.37 bits per heavy atom. The molecule has 0 unspecified atom stereocenters. The summed E-state index contributed by atoms with van der Waals surface area (Å²) in [4.78, 5) is 14.7. The summed E-state index contributed by atoms with van der Waals surface area (Å²) in [6.07, 6.45) is 2.86. The molecule has 1 fully saturated rings.